The highest BCUT2D eigenvalue weighted by Gasteiger charge is 2.15. The molecule has 4 nitrogen and oxygen atoms in total. The molecule has 0 aliphatic rings. The van der Waals surface area contributed by atoms with Crippen LogP contribution in [0.4, 0.5) is 10.1 Å². The Balaban J connectivity index is 2.51. The topological polar surface area (TPSA) is 56.0 Å². The van der Waals surface area contributed by atoms with E-state index < -0.39 is 16.4 Å². The predicted molar refractivity (Wildman–Crippen MR) is 58.9 cm³/mol. The van der Waals surface area contributed by atoms with Crippen molar-refractivity contribution in [3.63, 3.8) is 0 Å². The molecule has 1 heterocycles. The van der Waals surface area contributed by atoms with Gasteiger partial charge in [-0.1, -0.05) is 6.07 Å². The highest BCUT2D eigenvalue weighted by molar-refractivity contribution is 7.15. The van der Waals surface area contributed by atoms with Crippen molar-refractivity contribution in [2.45, 2.75) is 6.92 Å². The van der Waals surface area contributed by atoms with Gasteiger partial charge < -0.3 is 0 Å². The first-order valence-electron chi connectivity index (χ1n) is 4.44. The van der Waals surface area contributed by atoms with Gasteiger partial charge in [0.05, 0.1) is 14.8 Å². The van der Waals surface area contributed by atoms with Gasteiger partial charge in [0, 0.05) is 17.8 Å². The summed E-state index contributed by atoms with van der Waals surface area (Å²) in [6.45, 7) is 1.84. The highest BCUT2D eigenvalue weighted by atomic mass is 32.1. The largest absolute Gasteiger partial charge is 0.305 e. The van der Waals surface area contributed by atoms with Gasteiger partial charge in [0.1, 0.15) is 0 Å². The van der Waals surface area contributed by atoms with E-state index in [1.807, 2.05) is 6.92 Å². The molecule has 16 heavy (non-hydrogen) atoms. The second-order valence-corrected chi connectivity index (χ2v) is 4.40. The molecule has 0 bridgehead atoms. The Morgan fingerprint density at radius 2 is 2.25 bits per heavy atom. The maximum Gasteiger partial charge on any atom is 0.305 e. The standard InChI is InChI=1S/C10H7FN2O2S/c1-6-12-5-10(16-6)7-2-3-8(11)9(4-7)13(14)15/h2-5H,1H3. The summed E-state index contributed by atoms with van der Waals surface area (Å²) in [4.78, 5) is 14.7. The molecule has 0 unspecified atom stereocenters. The van der Waals surface area contributed by atoms with Crippen LogP contribution in [0.2, 0.25) is 0 Å². The van der Waals surface area contributed by atoms with Crippen molar-refractivity contribution in [2.75, 3.05) is 0 Å². The minimum atomic E-state index is -0.824. The van der Waals surface area contributed by atoms with Gasteiger partial charge in [-0.05, 0) is 13.0 Å². The highest BCUT2D eigenvalue weighted by Crippen LogP contribution is 2.29. The van der Waals surface area contributed by atoms with Crippen LogP contribution in [0, 0.1) is 22.9 Å². The number of aryl methyl sites for hydroxylation is 1. The SMILES string of the molecule is Cc1ncc(-c2ccc(F)c([N+](=O)[O-])c2)s1. The van der Waals surface area contributed by atoms with Crippen LogP contribution in [0.1, 0.15) is 5.01 Å². The van der Waals surface area contributed by atoms with Crippen molar-refractivity contribution in [1.82, 2.24) is 4.98 Å². The molecule has 2 aromatic rings. The maximum absolute atomic E-state index is 13.1. The summed E-state index contributed by atoms with van der Waals surface area (Å²) >= 11 is 1.41. The summed E-state index contributed by atoms with van der Waals surface area (Å²) in [5.41, 5.74) is 0.0993. The van der Waals surface area contributed by atoms with Crippen molar-refractivity contribution in [3.8, 4) is 10.4 Å². The van der Waals surface area contributed by atoms with Crippen molar-refractivity contribution in [2.24, 2.45) is 0 Å². The zero-order valence-corrected chi connectivity index (χ0v) is 9.12. The molecular formula is C10H7FN2O2S. The lowest BCUT2D eigenvalue weighted by atomic mass is 10.2. The van der Waals surface area contributed by atoms with E-state index in [-0.39, 0.29) is 0 Å². The predicted octanol–water partition coefficient (Wildman–Crippen LogP) is 3.17. The Kier molecular flexibility index (Phi) is 2.66. The van der Waals surface area contributed by atoms with E-state index in [2.05, 4.69) is 4.98 Å². The number of nitrogens with zero attached hydrogens (tertiary/aromatic N) is 2. The number of nitro benzene ring substituents is 1. The zero-order valence-electron chi connectivity index (χ0n) is 8.31. The van der Waals surface area contributed by atoms with Crippen LogP contribution in [0.3, 0.4) is 0 Å². The van der Waals surface area contributed by atoms with E-state index in [0.717, 1.165) is 16.0 Å². The summed E-state index contributed by atoms with van der Waals surface area (Å²) in [6, 6.07) is 3.83. The second-order valence-electron chi connectivity index (χ2n) is 3.17. The Labute approximate surface area is 94.5 Å². The van der Waals surface area contributed by atoms with Gasteiger partial charge >= 0.3 is 5.69 Å². The van der Waals surface area contributed by atoms with Gasteiger partial charge in [-0.25, -0.2) is 4.98 Å². The summed E-state index contributed by atoms with van der Waals surface area (Å²) in [7, 11) is 0. The van der Waals surface area contributed by atoms with E-state index in [1.165, 1.54) is 23.5 Å². The minimum Gasteiger partial charge on any atom is -0.258 e. The number of thiazole rings is 1. The van der Waals surface area contributed by atoms with Crippen LogP contribution in [0.5, 0.6) is 0 Å². The average molecular weight is 238 g/mol. The van der Waals surface area contributed by atoms with Crippen molar-refractivity contribution < 1.29 is 9.31 Å². The number of rotatable bonds is 2. The summed E-state index contributed by atoms with van der Waals surface area (Å²) in [5.74, 6) is -0.824. The third-order valence-corrected chi connectivity index (χ3v) is 3.01. The van der Waals surface area contributed by atoms with Gasteiger partial charge in [0.2, 0.25) is 5.82 Å². The van der Waals surface area contributed by atoms with E-state index in [1.54, 1.807) is 6.20 Å². The first-order valence-corrected chi connectivity index (χ1v) is 5.26. The second kappa shape index (κ2) is 3.97. The van der Waals surface area contributed by atoms with Gasteiger partial charge in [-0.2, -0.15) is 4.39 Å². The number of hydrogen-bond acceptors (Lipinski definition) is 4. The molecule has 0 spiro atoms. The third-order valence-electron chi connectivity index (χ3n) is 2.05. The monoisotopic (exact) mass is 238 g/mol. The smallest absolute Gasteiger partial charge is 0.258 e. The van der Waals surface area contributed by atoms with Gasteiger partial charge in [0.25, 0.3) is 0 Å². The molecule has 0 atom stereocenters. The Hall–Kier alpha value is -1.82. The van der Waals surface area contributed by atoms with Crippen LogP contribution in [-0.4, -0.2) is 9.91 Å². The van der Waals surface area contributed by atoms with Crippen LogP contribution < -0.4 is 0 Å². The molecule has 2 rings (SSSR count). The van der Waals surface area contributed by atoms with Crippen molar-refractivity contribution in [3.05, 3.63) is 45.3 Å². The fraction of sp³-hybridized carbons (Fsp3) is 0.100. The molecule has 0 N–H and O–H groups in total. The number of benzene rings is 1. The number of nitro groups is 1. The Morgan fingerprint density at radius 1 is 1.50 bits per heavy atom. The van der Waals surface area contributed by atoms with Gasteiger partial charge in [-0.15, -0.1) is 11.3 Å². The van der Waals surface area contributed by atoms with Crippen LogP contribution >= 0.6 is 11.3 Å². The first-order chi connectivity index (χ1) is 7.58. The maximum atomic E-state index is 13.1. The summed E-state index contributed by atoms with van der Waals surface area (Å²) in [5, 5.41) is 11.4. The van der Waals surface area contributed by atoms with E-state index in [0.29, 0.717) is 5.56 Å². The summed E-state index contributed by atoms with van der Waals surface area (Å²) in [6.07, 6.45) is 1.62. The van der Waals surface area contributed by atoms with Crippen LogP contribution in [-0.2, 0) is 0 Å². The molecule has 0 saturated heterocycles. The number of halogens is 1. The fourth-order valence-corrected chi connectivity index (χ4v) is 2.07. The molecule has 1 aromatic heterocycles. The average Bonchev–Trinajstić information content (AvgIpc) is 2.65. The zero-order chi connectivity index (χ0) is 11.7. The van der Waals surface area contributed by atoms with E-state index >= 15 is 0 Å². The normalized spacial score (nSPS) is 10.4. The van der Waals surface area contributed by atoms with Gasteiger partial charge in [-0.3, -0.25) is 10.1 Å². The lowest BCUT2D eigenvalue weighted by Gasteiger charge is -1.97. The third kappa shape index (κ3) is 1.92. The number of hydrogen-bond donors (Lipinski definition) is 0. The van der Waals surface area contributed by atoms with Gasteiger partial charge in [0.15, 0.2) is 0 Å². The van der Waals surface area contributed by atoms with E-state index in [4.69, 9.17) is 0 Å². The molecule has 0 radical (unpaired) electrons. The van der Waals surface area contributed by atoms with Crippen molar-refractivity contribution >= 4 is 17.0 Å². The molecule has 0 aliphatic carbocycles. The molecule has 0 aliphatic heterocycles. The molecule has 0 fully saturated rings. The lowest BCUT2D eigenvalue weighted by molar-refractivity contribution is -0.387. The van der Waals surface area contributed by atoms with E-state index in [9.17, 15) is 14.5 Å². The molecule has 0 amide bonds. The number of aromatic nitrogens is 1. The Morgan fingerprint density at radius 3 is 2.81 bits per heavy atom. The van der Waals surface area contributed by atoms with Crippen LogP contribution in [0.15, 0.2) is 24.4 Å². The fourth-order valence-electron chi connectivity index (χ4n) is 1.30. The minimum absolute atomic E-state index is 0.511. The Bertz CT molecular complexity index is 554. The lowest BCUT2D eigenvalue weighted by Crippen LogP contribution is -1.92. The van der Waals surface area contributed by atoms with Crippen LogP contribution in [0.25, 0.3) is 10.4 Å². The molecule has 0 saturated carbocycles. The first kappa shape index (κ1) is 10.7. The molecular weight excluding hydrogens is 231 g/mol. The molecule has 6 heteroatoms. The molecule has 82 valence electrons. The quantitative estimate of drug-likeness (QED) is 0.596. The van der Waals surface area contributed by atoms with Crippen molar-refractivity contribution in [1.29, 1.82) is 0 Å². The summed E-state index contributed by atoms with van der Waals surface area (Å²) < 4.78 is 13.1. The molecule has 1 aromatic carbocycles.